The van der Waals surface area contributed by atoms with Crippen LogP contribution in [0.3, 0.4) is 0 Å². The van der Waals surface area contributed by atoms with E-state index in [2.05, 4.69) is 10.3 Å². The zero-order valence-corrected chi connectivity index (χ0v) is 13.1. The van der Waals surface area contributed by atoms with E-state index in [9.17, 15) is 9.59 Å². The van der Waals surface area contributed by atoms with Crippen molar-refractivity contribution in [2.75, 3.05) is 0 Å². The monoisotopic (exact) mass is 330 g/mol. The minimum atomic E-state index is -0.601. The highest BCUT2D eigenvalue weighted by Crippen LogP contribution is 2.17. The molecule has 118 valence electrons. The molecule has 0 aliphatic carbocycles. The lowest BCUT2D eigenvalue weighted by molar-refractivity contribution is 0.134. The molecule has 0 fully saturated rings. The van der Waals surface area contributed by atoms with Crippen LogP contribution in [0.15, 0.2) is 51.0 Å². The fraction of sp³-hybridized carbons (Fsp3) is 0.188. The van der Waals surface area contributed by atoms with Gasteiger partial charge in [-0.2, -0.15) is 0 Å². The molecule has 0 saturated carbocycles. The number of rotatable bonds is 4. The molecule has 2 aromatic heterocycles. The predicted octanol–water partition coefficient (Wildman–Crippen LogP) is 3.24. The summed E-state index contributed by atoms with van der Waals surface area (Å²) in [6, 6.07) is 10.5. The van der Waals surface area contributed by atoms with Crippen LogP contribution in [0, 0.1) is 0 Å². The number of amides is 1. The first-order valence-electron chi connectivity index (χ1n) is 6.99. The molecule has 1 amide bonds. The number of aromatic nitrogens is 1. The highest BCUT2D eigenvalue weighted by atomic mass is 32.1. The van der Waals surface area contributed by atoms with Crippen molar-refractivity contribution in [3.63, 3.8) is 0 Å². The van der Waals surface area contributed by atoms with E-state index in [4.69, 9.17) is 9.15 Å². The minimum absolute atomic E-state index is 0.151. The Kier molecular flexibility index (Phi) is 4.38. The molecule has 7 heteroatoms. The Morgan fingerprint density at radius 1 is 1.35 bits per heavy atom. The molecule has 1 atom stereocenters. The normalized spacial score (nSPS) is 12.0. The van der Waals surface area contributed by atoms with Gasteiger partial charge in [-0.05, 0) is 23.9 Å². The van der Waals surface area contributed by atoms with E-state index >= 15 is 0 Å². The molecule has 2 heterocycles. The van der Waals surface area contributed by atoms with Crippen molar-refractivity contribution in [3.8, 4) is 0 Å². The Hall–Kier alpha value is -2.67. The van der Waals surface area contributed by atoms with Crippen LogP contribution in [0.1, 0.15) is 24.4 Å². The average molecular weight is 330 g/mol. The van der Waals surface area contributed by atoms with Gasteiger partial charge < -0.3 is 14.5 Å². The number of carbonyl (C=O) groups is 1. The Morgan fingerprint density at radius 2 is 2.13 bits per heavy atom. The number of alkyl carbamates (subject to hydrolysis) is 1. The number of thiophene rings is 1. The second-order valence-corrected chi connectivity index (χ2v) is 5.82. The van der Waals surface area contributed by atoms with Gasteiger partial charge in [0.15, 0.2) is 0 Å². The number of carbonyl (C=O) groups excluding carboxylic acids is 1. The van der Waals surface area contributed by atoms with E-state index in [0.717, 1.165) is 5.56 Å². The van der Waals surface area contributed by atoms with Gasteiger partial charge in [-0.3, -0.25) is 0 Å². The molecular weight excluding hydrogens is 316 g/mol. The summed E-state index contributed by atoms with van der Waals surface area (Å²) in [4.78, 5) is 27.9. The summed E-state index contributed by atoms with van der Waals surface area (Å²) in [5, 5.41) is 4.37. The molecule has 0 saturated heterocycles. The standard InChI is InChI=1S/C16H14N2O4S/c1-10(14-18-12-7-8-23-13(12)15(19)22-14)17-16(20)21-9-11-5-3-2-4-6-11/h2-8,10H,9H2,1H3,(H,17,20)/t10-/m0/s1. The van der Waals surface area contributed by atoms with Crippen molar-refractivity contribution in [2.24, 2.45) is 0 Å². The van der Waals surface area contributed by atoms with E-state index in [1.807, 2.05) is 30.3 Å². The van der Waals surface area contributed by atoms with Gasteiger partial charge in [-0.15, -0.1) is 11.3 Å². The van der Waals surface area contributed by atoms with Crippen molar-refractivity contribution >= 4 is 27.6 Å². The predicted molar refractivity (Wildman–Crippen MR) is 86.3 cm³/mol. The first kappa shape index (κ1) is 15.2. The third-order valence-corrected chi connectivity index (χ3v) is 4.06. The molecule has 3 rings (SSSR count). The molecule has 0 radical (unpaired) electrons. The molecule has 1 aromatic carbocycles. The maximum absolute atomic E-state index is 11.8. The first-order chi connectivity index (χ1) is 11.1. The number of nitrogens with zero attached hydrogens (tertiary/aromatic N) is 1. The summed E-state index contributed by atoms with van der Waals surface area (Å²) in [7, 11) is 0. The lowest BCUT2D eigenvalue weighted by Gasteiger charge is -2.12. The molecule has 0 aliphatic rings. The highest BCUT2D eigenvalue weighted by Gasteiger charge is 2.17. The van der Waals surface area contributed by atoms with Gasteiger partial charge in [-0.25, -0.2) is 14.6 Å². The number of nitrogens with one attached hydrogen (secondary N) is 1. The zero-order chi connectivity index (χ0) is 16.2. The van der Waals surface area contributed by atoms with E-state index in [0.29, 0.717) is 10.2 Å². The van der Waals surface area contributed by atoms with Gasteiger partial charge in [0.25, 0.3) is 0 Å². The van der Waals surface area contributed by atoms with Crippen LogP contribution in [0.2, 0.25) is 0 Å². The first-order valence-corrected chi connectivity index (χ1v) is 7.87. The number of ether oxygens (including phenoxy) is 1. The smallest absolute Gasteiger partial charge is 0.408 e. The average Bonchev–Trinajstić information content (AvgIpc) is 3.03. The second-order valence-electron chi connectivity index (χ2n) is 4.90. The van der Waals surface area contributed by atoms with Crippen LogP contribution in [0.4, 0.5) is 4.79 Å². The Balaban J connectivity index is 1.64. The number of fused-ring (bicyclic) bond motifs is 1. The lowest BCUT2D eigenvalue weighted by Crippen LogP contribution is -2.28. The quantitative estimate of drug-likeness (QED) is 0.794. The molecule has 0 unspecified atom stereocenters. The molecule has 1 N–H and O–H groups in total. The van der Waals surface area contributed by atoms with Crippen molar-refractivity contribution in [2.45, 2.75) is 19.6 Å². The van der Waals surface area contributed by atoms with E-state index in [1.54, 1.807) is 18.4 Å². The summed E-state index contributed by atoms with van der Waals surface area (Å²) < 4.78 is 10.7. The van der Waals surface area contributed by atoms with Gasteiger partial charge >= 0.3 is 11.7 Å². The van der Waals surface area contributed by atoms with E-state index in [-0.39, 0.29) is 12.5 Å². The minimum Gasteiger partial charge on any atom is -0.445 e. The molecule has 23 heavy (non-hydrogen) atoms. The lowest BCUT2D eigenvalue weighted by atomic mass is 10.2. The van der Waals surface area contributed by atoms with Gasteiger partial charge in [0.05, 0.1) is 5.52 Å². The number of hydrogen-bond donors (Lipinski definition) is 1. The summed E-state index contributed by atoms with van der Waals surface area (Å²) >= 11 is 1.27. The third kappa shape index (κ3) is 3.57. The van der Waals surface area contributed by atoms with Crippen molar-refractivity contribution < 1.29 is 13.9 Å². The fourth-order valence-electron chi connectivity index (χ4n) is 2.01. The second kappa shape index (κ2) is 6.62. The Morgan fingerprint density at radius 3 is 2.91 bits per heavy atom. The van der Waals surface area contributed by atoms with Crippen LogP contribution in [0.5, 0.6) is 0 Å². The van der Waals surface area contributed by atoms with Crippen LogP contribution in [-0.4, -0.2) is 11.1 Å². The van der Waals surface area contributed by atoms with Gasteiger partial charge in [0.2, 0.25) is 5.89 Å². The third-order valence-electron chi connectivity index (χ3n) is 3.18. The molecule has 0 spiro atoms. The molecule has 3 aromatic rings. The number of benzene rings is 1. The summed E-state index contributed by atoms with van der Waals surface area (Å²) in [5.74, 6) is 0.151. The molecular formula is C16H14N2O4S. The molecule has 0 bridgehead atoms. The van der Waals surface area contributed by atoms with Crippen LogP contribution in [-0.2, 0) is 11.3 Å². The van der Waals surface area contributed by atoms with Crippen LogP contribution in [0.25, 0.3) is 10.2 Å². The SMILES string of the molecule is C[C@H](NC(=O)OCc1ccccc1)c1nc2ccsc2c(=O)o1. The van der Waals surface area contributed by atoms with Gasteiger partial charge in [0, 0.05) is 0 Å². The Labute approximate surface area is 135 Å². The molecule has 0 aliphatic heterocycles. The van der Waals surface area contributed by atoms with Crippen LogP contribution >= 0.6 is 11.3 Å². The fourth-order valence-corrected chi connectivity index (χ4v) is 2.72. The van der Waals surface area contributed by atoms with Crippen molar-refractivity contribution in [1.82, 2.24) is 10.3 Å². The largest absolute Gasteiger partial charge is 0.445 e. The summed E-state index contributed by atoms with van der Waals surface area (Å²) in [5.41, 5.74) is 0.999. The number of hydrogen-bond acceptors (Lipinski definition) is 6. The topological polar surface area (TPSA) is 81.4 Å². The van der Waals surface area contributed by atoms with Crippen LogP contribution < -0.4 is 10.9 Å². The van der Waals surface area contributed by atoms with Gasteiger partial charge in [0.1, 0.15) is 17.3 Å². The Bertz CT molecular complexity index is 872. The zero-order valence-electron chi connectivity index (χ0n) is 12.3. The van der Waals surface area contributed by atoms with Crippen molar-refractivity contribution in [3.05, 3.63) is 63.7 Å². The van der Waals surface area contributed by atoms with Crippen molar-refractivity contribution in [1.29, 1.82) is 0 Å². The maximum atomic E-state index is 11.8. The highest BCUT2D eigenvalue weighted by molar-refractivity contribution is 7.17. The summed E-state index contributed by atoms with van der Waals surface area (Å²) in [6.07, 6.45) is -0.601. The van der Waals surface area contributed by atoms with E-state index < -0.39 is 17.8 Å². The van der Waals surface area contributed by atoms with E-state index in [1.165, 1.54) is 11.3 Å². The van der Waals surface area contributed by atoms with Gasteiger partial charge in [-0.1, -0.05) is 30.3 Å². The summed E-state index contributed by atoms with van der Waals surface area (Å²) in [6.45, 7) is 1.84. The molecule has 6 nitrogen and oxygen atoms in total. The maximum Gasteiger partial charge on any atom is 0.408 e.